The number of rotatable bonds is 8. The average Bonchev–Trinajstić information content (AvgIpc) is 2.44. The number of carbonyl (C=O) groups is 2. The highest BCUT2D eigenvalue weighted by atomic mass is 28.3. The standard InChI is InChI=1S/C19H30NO3Si/c1-14(21)10-11-17(22)20-13-12-15-8-7-9-16(19(2,3)4)18(15)23-24(5)6/h7-9H,10-13H2,1-6H3,(H,20,22). The molecule has 0 aliphatic rings. The van der Waals surface area contributed by atoms with Gasteiger partial charge in [-0.15, -0.1) is 0 Å². The van der Waals surface area contributed by atoms with Crippen molar-refractivity contribution in [2.24, 2.45) is 0 Å². The topological polar surface area (TPSA) is 55.4 Å². The molecule has 24 heavy (non-hydrogen) atoms. The van der Waals surface area contributed by atoms with Crippen LogP contribution in [0.15, 0.2) is 18.2 Å². The van der Waals surface area contributed by atoms with Crippen molar-refractivity contribution in [2.75, 3.05) is 6.54 Å². The van der Waals surface area contributed by atoms with Gasteiger partial charge in [-0.25, -0.2) is 0 Å². The smallest absolute Gasteiger partial charge is 0.274 e. The van der Waals surface area contributed by atoms with Crippen LogP contribution in [-0.2, 0) is 21.4 Å². The van der Waals surface area contributed by atoms with Crippen LogP contribution in [-0.4, -0.2) is 27.3 Å². The second-order valence-corrected chi connectivity index (χ2v) is 9.38. The fourth-order valence-electron chi connectivity index (χ4n) is 2.41. The summed E-state index contributed by atoms with van der Waals surface area (Å²) in [6.07, 6.45) is 1.29. The number of amides is 1. The maximum Gasteiger partial charge on any atom is 0.274 e. The van der Waals surface area contributed by atoms with Crippen molar-refractivity contribution < 1.29 is 14.0 Å². The molecular formula is C19H30NO3Si. The summed E-state index contributed by atoms with van der Waals surface area (Å²) in [6.45, 7) is 12.8. The second kappa shape index (κ2) is 9.02. The lowest BCUT2D eigenvalue weighted by atomic mass is 9.85. The Morgan fingerprint density at radius 1 is 1.17 bits per heavy atom. The zero-order valence-corrected chi connectivity index (χ0v) is 16.8. The molecule has 1 rings (SSSR count). The monoisotopic (exact) mass is 348 g/mol. The van der Waals surface area contributed by atoms with E-state index in [0.717, 1.165) is 17.7 Å². The van der Waals surface area contributed by atoms with E-state index in [1.807, 2.05) is 0 Å². The predicted octanol–water partition coefficient (Wildman–Crippen LogP) is 3.64. The van der Waals surface area contributed by atoms with Gasteiger partial charge in [0, 0.05) is 19.4 Å². The first-order chi connectivity index (χ1) is 11.1. The molecule has 133 valence electrons. The fraction of sp³-hybridized carbons (Fsp3) is 0.579. The molecule has 0 bridgehead atoms. The van der Waals surface area contributed by atoms with E-state index in [0.29, 0.717) is 13.0 Å². The van der Waals surface area contributed by atoms with E-state index in [4.69, 9.17) is 4.43 Å². The maximum atomic E-state index is 11.7. The molecule has 0 aromatic heterocycles. The minimum absolute atomic E-state index is 0.00734. The molecule has 0 heterocycles. The number of benzene rings is 1. The third kappa shape index (κ3) is 6.87. The van der Waals surface area contributed by atoms with Gasteiger partial charge >= 0.3 is 0 Å². The van der Waals surface area contributed by atoms with E-state index in [1.165, 1.54) is 12.5 Å². The molecule has 0 aliphatic carbocycles. The van der Waals surface area contributed by atoms with Gasteiger partial charge in [-0.05, 0) is 43.0 Å². The number of carbonyl (C=O) groups excluding carboxylic acids is 2. The van der Waals surface area contributed by atoms with E-state index in [1.54, 1.807) is 0 Å². The lowest BCUT2D eigenvalue weighted by molar-refractivity contribution is -0.124. The first-order valence-electron chi connectivity index (χ1n) is 8.47. The summed E-state index contributed by atoms with van der Waals surface area (Å²) >= 11 is 0. The molecule has 0 unspecified atom stereocenters. The van der Waals surface area contributed by atoms with Crippen LogP contribution in [0.4, 0.5) is 0 Å². The first-order valence-corrected chi connectivity index (χ1v) is 10.9. The molecule has 1 N–H and O–H groups in total. The molecule has 1 aromatic rings. The number of hydrogen-bond donors (Lipinski definition) is 1. The zero-order chi connectivity index (χ0) is 18.3. The Bertz CT molecular complexity index is 576. The quantitative estimate of drug-likeness (QED) is 0.730. The van der Waals surface area contributed by atoms with Crippen molar-refractivity contribution in [2.45, 2.75) is 65.5 Å². The van der Waals surface area contributed by atoms with Crippen LogP contribution in [0.25, 0.3) is 0 Å². The van der Waals surface area contributed by atoms with Gasteiger partial charge in [-0.3, -0.25) is 4.79 Å². The van der Waals surface area contributed by atoms with Crippen LogP contribution in [0.1, 0.15) is 51.7 Å². The summed E-state index contributed by atoms with van der Waals surface area (Å²) in [7, 11) is -0.874. The van der Waals surface area contributed by atoms with Gasteiger partial charge in [0.25, 0.3) is 9.04 Å². The summed E-state index contributed by atoms with van der Waals surface area (Å²) in [6, 6.07) is 6.24. The van der Waals surface area contributed by atoms with Crippen molar-refractivity contribution in [1.29, 1.82) is 0 Å². The molecule has 0 aliphatic heterocycles. The third-order valence-corrected chi connectivity index (χ3v) is 4.24. The number of nitrogens with one attached hydrogen (secondary N) is 1. The summed E-state index contributed by atoms with van der Waals surface area (Å²) in [5, 5.41) is 2.89. The normalized spacial score (nSPS) is 11.5. The molecular weight excluding hydrogens is 318 g/mol. The Hall–Kier alpha value is -1.62. The Labute approximate surface area is 147 Å². The molecule has 0 atom stereocenters. The van der Waals surface area contributed by atoms with Crippen molar-refractivity contribution in [3.05, 3.63) is 29.3 Å². The van der Waals surface area contributed by atoms with E-state index in [2.05, 4.69) is 57.4 Å². The molecule has 1 aromatic carbocycles. The van der Waals surface area contributed by atoms with Gasteiger partial charge in [0.15, 0.2) is 0 Å². The zero-order valence-electron chi connectivity index (χ0n) is 15.8. The first kappa shape index (κ1) is 20.4. The predicted molar refractivity (Wildman–Crippen MR) is 99.9 cm³/mol. The fourth-order valence-corrected chi connectivity index (χ4v) is 3.06. The molecule has 5 heteroatoms. The van der Waals surface area contributed by atoms with Crippen molar-refractivity contribution in [1.82, 2.24) is 5.32 Å². The van der Waals surface area contributed by atoms with E-state index in [9.17, 15) is 9.59 Å². The highest BCUT2D eigenvalue weighted by Crippen LogP contribution is 2.34. The molecule has 0 saturated carbocycles. The summed E-state index contributed by atoms with van der Waals surface area (Å²) < 4.78 is 6.18. The minimum Gasteiger partial charge on any atom is -0.542 e. The van der Waals surface area contributed by atoms with Crippen LogP contribution in [0.3, 0.4) is 0 Å². The van der Waals surface area contributed by atoms with Crippen LogP contribution in [0, 0.1) is 0 Å². The van der Waals surface area contributed by atoms with Crippen molar-refractivity contribution >= 4 is 20.7 Å². The SMILES string of the molecule is CC(=O)CCC(=O)NCCc1cccc(C(C)(C)C)c1O[Si](C)C. The third-order valence-electron chi connectivity index (χ3n) is 3.63. The van der Waals surface area contributed by atoms with Crippen molar-refractivity contribution in [3.63, 3.8) is 0 Å². The Balaban J connectivity index is 2.80. The van der Waals surface area contributed by atoms with Crippen LogP contribution in [0.5, 0.6) is 5.75 Å². The summed E-state index contributed by atoms with van der Waals surface area (Å²) in [5.41, 5.74) is 2.34. The second-order valence-electron chi connectivity index (χ2n) is 7.36. The number of Topliss-reactive ketones (excluding diaryl/α,β-unsaturated/α-hetero) is 1. The van der Waals surface area contributed by atoms with Crippen molar-refractivity contribution in [3.8, 4) is 5.75 Å². The van der Waals surface area contributed by atoms with Gasteiger partial charge in [0.2, 0.25) is 5.91 Å². The molecule has 0 saturated heterocycles. The largest absolute Gasteiger partial charge is 0.542 e. The Kier molecular flexibility index (Phi) is 7.67. The lowest BCUT2D eigenvalue weighted by Gasteiger charge is -2.26. The number of ketones is 1. The van der Waals surface area contributed by atoms with Gasteiger partial charge in [-0.2, -0.15) is 0 Å². The van der Waals surface area contributed by atoms with Crippen LogP contribution < -0.4 is 9.74 Å². The summed E-state index contributed by atoms with van der Waals surface area (Å²) in [4.78, 5) is 22.7. The van der Waals surface area contributed by atoms with Crippen LogP contribution >= 0.6 is 0 Å². The van der Waals surface area contributed by atoms with Crippen LogP contribution in [0.2, 0.25) is 13.1 Å². The maximum absolute atomic E-state index is 11.7. The molecule has 4 nitrogen and oxygen atoms in total. The average molecular weight is 349 g/mol. The molecule has 1 amide bonds. The van der Waals surface area contributed by atoms with E-state index < -0.39 is 9.04 Å². The highest BCUT2D eigenvalue weighted by Gasteiger charge is 2.22. The molecule has 1 radical (unpaired) electrons. The minimum atomic E-state index is -0.874. The Morgan fingerprint density at radius 3 is 2.38 bits per heavy atom. The van der Waals surface area contributed by atoms with Gasteiger partial charge in [-0.1, -0.05) is 39.0 Å². The Morgan fingerprint density at radius 2 is 1.83 bits per heavy atom. The van der Waals surface area contributed by atoms with E-state index >= 15 is 0 Å². The van der Waals surface area contributed by atoms with Gasteiger partial charge < -0.3 is 14.5 Å². The lowest BCUT2D eigenvalue weighted by Crippen LogP contribution is -2.26. The van der Waals surface area contributed by atoms with Gasteiger partial charge in [0.1, 0.15) is 11.5 Å². The molecule has 0 spiro atoms. The molecule has 0 fully saturated rings. The number of para-hydroxylation sites is 1. The summed E-state index contributed by atoms with van der Waals surface area (Å²) in [5.74, 6) is 0.941. The van der Waals surface area contributed by atoms with E-state index in [-0.39, 0.29) is 23.5 Å². The number of hydrogen-bond acceptors (Lipinski definition) is 3. The van der Waals surface area contributed by atoms with Gasteiger partial charge in [0.05, 0.1) is 0 Å². The highest BCUT2D eigenvalue weighted by molar-refractivity contribution is 6.49.